The van der Waals surface area contributed by atoms with Crippen LogP contribution in [0.3, 0.4) is 0 Å². The number of nitrogens with zero attached hydrogens (tertiary/aromatic N) is 3. The van der Waals surface area contributed by atoms with Gasteiger partial charge in [-0.05, 0) is 52.3 Å². The van der Waals surface area contributed by atoms with E-state index in [1.165, 1.54) is 4.57 Å². The van der Waals surface area contributed by atoms with E-state index in [9.17, 15) is 9.59 Å². The van der Waals surface area contributed by atoms with Gasteiger partial charge in [0.1, 0.15) is 5.75 Å². The number of hydrogen-bond acceptors (Lipinski definition) is 6. The summed E-state index contributed by atoms with van der Waals surface area (Å²) in [7, 11) is 1.66. The van der Waals surface area contributed by atoms with Gasteiger partial charge in [-0.3, -0.25) is 9.36 Å². The van der Waals surface area contributed by atoms with E-state index in [4.69, 9.17) is 9.26 Å². The topological polar surface area (TPSA) is 115 Å². The van der Waals surface area contributed by atoms with E-state index in [0.717, 1.165) is 0 Å². The van der Waals surface area contributed by atoms with Gasteiger partial charge in [-0.15, -0.1) is 0 Å². The van der Waals surface area contributed by atoms with Crippen LogP contribution < -0.4 is 15.7 Å². The summed E-state index contributed by atoms with van der Waals surface area (Å²) in [5, 5.41) is 6.58. The Kier molecular flexibility index (Phi) is 4.93. The minimum absolute atomic E-state index is 0.187. The molecule has 4 aromatic rings. The Hall–Kier alpha value is -3.40. The first-order valence-corrected chi connectivity index (χ1v) is 9.41. The number of benzene rings is 2. The summed E-state index contributed by atoms with van der Waals surface area (Å²) in [6, 6.07) is 10.2. The SMILES string of the molecule is Cc1nc(COc2ccc(NC(=O)c3cc(Br)c4c(c3)[nH]c(=O)n4C)cc2)no1. The smallest absolute Gasteiger partial charge is 0.326 e. The van der Waals surface area contributed by atoms with Gasteiger partial charge in [0.15, 0.2) is 6.61 Å². The van der Waals surface area contributed by atoms with Crippen LogP contribution in [0.25, 0.3) is 11.0 Å². The molecule has 2 aromatic heterocycles. The summed E-state index contributed by atoms with van der Waals surface area (Å²) in [6.45, 7) is 1.89. The number of aromatic nitrogens is 4. The van der Waals surface area contributed by atoms with Gasteiger partial charge in [-0.2, -0.15) is 4.98 Å². The molecule has 1 amide bonds. The Morgan fingerprint density at radius 2 is 2.07 bits per heavy atom. The van der Waals surface area contributed by atoms with Crippen LogP contribution in [0, 0.1) is 6.92 Å². The fourth-order valence-electron chi connectivity index (χ4n) is 2.85. The van der Waals surface area contributed by atoms with Crippen molar-refractivity contribution in [2.75, 3.05) is 5.32 Å². The van der Waals surface area contributed by atoms with Crippen LogP contribution in [0.15, 0.2) is 50.2 Å². The van der Waals surface area contributed by atoms with Crippen LogP contribution in [0.5, 0.6) is 5.75 Å². The predicted octanol–water partition coefficient (Wildman–Crippen LogP) is 3.15. The standard InChI is InChI=1S/C19H16BrN5O4/c1-10-21-16(24-29-10)9-28-13-5-3-12(4-6-13)22-18(26)11-7-14(20)17-15(8-11)23-19(27)25(17)2/h3-8H,9H2,1-2H3,(H,22,26)(H,23,27). The molecule has 0 saturated heterocycles. The monoisotopic (exact) mass is 457 g/mol. The van der Waals surface area contributed by atoms with Gasteiger partial charge in [0.05, 0.1) is 11.0 Å². The van der Waals surface area contributed by atoms with Crippen molar-refractivity contribution in [3.63, 3.8) is 0 Å². The van der Waals surface area contributed by atoms with Crippen LogP contribution in [0.2, 0.25) is 0 Å². The Bertz CT molecular complexity index is 1260. The van der Waals surface area contributed by atoms with E-state index >= 15 is 0 Å². The van der Waals surface area contributed by atoms with Crippen molar-refractivity contribution in [2.45, 2.75) is 13.5 Å². The first kappa shape index (κ1) is 18.9. The van der Waals surface area contributed by atoms with Gasteiger partial charge in [0.2, 0.25) is 11.7 Å². The number of aromatic amines is 1. The fraction of sp³-hybridized carbons (Fsp3) is 0.158. The normalized spacial score (nSPS) is 11.0. The molecule has 0 saturated carbocycles. The number of rotatable bonds is 5. The molecule has 0 aliphatic rings. The van der Waals surface area contributed by atoms with Crippen molar-refractivity contribution in [3.05, 3.63) is 68.6 Å². The summed E-state index contributed by atoms with van der Waals surface area (Å²) in [5.74, 6) is 1.25. The highest BCUT2D eigenvalue weighted by Crippen LogP contribution is 2.24. The number of anilines is 1. The molecule has 2 heterocycles. The van der Waals surface area contributed by atoms with Gasteiger partial charge in [-0.25, -0.2) is 4.79 Å². The zero-order valence-electron chi connectivity index (χ0n) is 15.5. The summed E-state index contributed by atoms with van der Waals surface area (Å²) in [4.78, 5) is 31.2. The first-order chi connectivity index (χ1) is 13.9. The predicted molar refractivity (Wildman–Crippen MR) is 109 cm³/mol. The van der Waals surface area contributed by atoms with Crippen LogP contribution in [0.1, 0.15) is 22.1 Å². The van der Waals surface area contributed by atoms with Gasteiger partial charge in [0, 0.05) is 29.7 Å². The number of carbonyl (C=O) groups excluding carboxylic acids is 1. The lowest BCUT2D eigenvalue weighted by molar-refractivity contribution is 0.102. The van der Waals surface area contributed by atoms with Crippen LogP contribution in [0.4, 0.5) is 5.69 Å². The van der Waals surface area contributed by atoms with Crippen LogP contribution >= 0.6 is 15.9 Å². The average Bonchev–Trinajstić information content (AvgIpc) is 3.24. The Labute approximate surface area is 172 Å². The number of halogens is 1. The van der Waals surface area contributed by atoms with E-state index in [1.807, 2.05) is 0 Å². The molecule has 0 radical (unpaired) electrons. The van der Waals surface area contributed by atoms with Gasteiger partial charge >= 0.3 is 5.69 Å². The van der Waals surface area contributed by atoms with Gasteiger partial charge in [-0.1, -0.05) is 5.16 Å². The highest BCUT2D eigenvalue weighted by Gasteiger charge is 2.13. The zero-order chi connectivity index (χ0) is 20.5. The number of aryl methyl sites for hydroxylation is 2. The number of imidazole rings is 1. The van der Waals surface area contributed by atoms with Crippen molar-refractivity contribution in [2.24, 2.45) is 7.05 Å². The van der Waals surface area contributed by atoms with Crippen molar-refractivity contribution in [1.29, 1.82) is 0 Å². The second kappa shape index (κ2) is 7.55. The number of ether oxygens (including phenoxy) is 1. The van der Waals surface area contributed by atoms with Crippen molar-refractivity contribution < 1.29 is 14.1 Å². The Balaban J connectivity index is 1.45. The van der Waals surface area contributed by atoms with Crippen molar-refractivity contribution >= 4 is 38.6 Å². The molecule has 0 fully saturated rings. The Morgan fingerprint density at radius 1 is 1.31 bits per heavy atom. The number of carbonyl (C=O) groups is 1. The van der Waals surface area contributed by atoms with E-state index in [-0.39, 0.29) is 18.2 Å². The summed E-state index contributed by atoms with van der Waals surface area (Å²) in [5.41, 5.74) is 2.06. The molecule has 0 bridgehead atoms. The van der Waals surface area contributed by atoms with Crippen molar-refractivity contribution in [3.8, 4) is 5.75 Å². The molecule has 0 atom stereocenters. The Morgan fingerprint density at radius 3 is 2.76 bits per heavy atom. The van der Waals surface area contributed by atoms with E-state index in [0.29, 0.717) is 44.2 Å². The number of hydrogen-bond donors (Lipinski definition) is 2. The van der Waals surface area contributed by atoms with E-state index in [1.54, 1.807) is 50.4 Å². The maximum absolute atomic E-state index is 12.6. The third-order valence-corrected chi connectivity index (χ3v) is 4.86. The number of fused-ring (bicyclic) bond motifs is 1. The molecule has 29 heavy (non-hydrogen) atoms. The molecule has 4 rings (SSSR count). The summed E-state index contributed by atoms with van der Waals surface area (Å²) in [6.07, 6.45) is 0. The molecule has 0 aliphatic carbocycles. The summed E-state index contributed by atoms with van der Waals surface area (Å²) < 4.78 is 12.6. The molecule has 0 aliphatic heterocycles. The third-order valence-electron chi connectivity index (χ3n) is 4.26. The molecule has 9 nitrogen and oxygen atoms in total. The molecule has 0 spiro atoms. The molecule has 2 N–H and O–H groups in total. The molecular weight excluding hydrogens is 442 g/mol. The minimum Gasteiger partial charge on any atom is -0.485 e. The minimum atomic E-state index is -0.298. The lowest BCUT2D eigenvalue weighted by Crippen LogP contribution is -2.12. The molecule has 10 heteroatoms. The van der Waals surface area contributed by atoms with Crippen LogP contribution in [-0.4, -0.2) is 25.6 Å². The molecule has 148 valence electrons. The first-order valence-electron chi connectivity index (χ1n) is 8.62. The van der Waals surface area contributed by atoms with Gasteiger partial charge < -0.3 is 19.6 Å². The number of H-pyrrole nitrogens is 1. The largest absolute Gasteiger partial charge is 0.485 e. The lowest BCUT2D eigenvalue weighted by atomic mass is 10.2. The molecule has 2 aromatic carbocycles. The maximum atomic E-state index is 12.6. The third kappa shape index (κ3) is 3.92. The molecular formula is C19H16BrN5O4. The zero-order valence-corrected chi connectivity index (χ0v) is 17.1. The van der Waals surface area contributed by atoms with Crippen LogP contribution in [-0.2, 0) is 13.7 Å². The van der Waals surface area contributed by atoms with Gasteiger partial charge in [0.25, 0.3) is 5.91 Å². The lowest BCUT2D eigenvalue weighted by Gasteiger charge is -2.08. The summed E-state index contributed by atoms with van der Waals surface area (Å²) >= 11 is 3.42. The maximum Gasteiger partial charge on any atom is 0.326 e. The second-order valence-corrected chi connectivity index (χ2v) is 7.19. The quantitative estimate of drug-likeness (QED) is 0.475. The number of amides is 1. The van der Waals surface area contributed by atoms with E-state index in [2.05, 4.69) is 36.4 Å². The second-order valence-electron chi connectivity index (χ2n) is 6.34. The van der Waals surface area contributed by atoms with Crippen molar-refractivity contribution in [1.82, 2.24) is 19.7 Å². The molecule has 0 unspecified atom stereocenters. The fourth-order valence-corrected chi connectivity index (χ4v) is 3.58. The van der Waals surface area contributed by atoms with E-state index < -0.39 is 0 Å². The average molecular weight is 458 g/mol. The highest BCUT2D eigenvalue weighted by molar-refractivity contribution is 9.10. The highest BCUT2D eigenvalue weighted by atomic mass is 79.9. The number of nitrogens with one attached hydrogen (secondary N) is 2.